The predicted molar refractivity (Wildman–Crippen MR) is 58.9 cm³/mol. The highest BCUT2D eigenvalue weighted by molar-refractivity contribution is 7.80. The quantitative estimate of drug-likeness (QED) is 0.769. The second-order valence-electron chi connectivity index (χ2n) is 3.71. The number of nitrogens with one attached hydrogen (secondary N) is 1. The molecule has 76 valence electrons. The van der Waals surface area contributed by atoms with Gasteiger partial charge in [0.25, 0.3) is 0 Å². The Bertz CT molecular complexity index is 306. The van der Waals surface area contributed by atoms with Crippen LogP contribution in [-0.2, 0) is 6.54 Å². The number of thiocarbonyl (C=S) groups is 1. The Morgan fingerprint density at radius 1 is 1.71 bits per heavy atom. The van der Waals surface area contributed by atoms with Crippen LogP contribution in [0.5, 0.6) is 0 Å². The maximum absolute atomic E-state index is 5.25. The van der Waals surface area contributed by atoms with Crippen molar-refractivity contribution in [1.82, 2.24) is 10.2 Å². The molecule has 1 aliphatic carbocycles. The van der Waals surface area contributed by atoms with Crippen molar-refractivity contribution in [3.63, 3.8) is 0 Å². The molecular weight excluding hydrogens is 196 g/mol. The lowest BCUT2D eigenvalue weighted by atomic mass is 10.3. The van der Waals surface area contributed by atoms with Crippen LogP contribution in [0.1, 0.15) is 18.4 Å². The predicted octanol–water partition coefficient (Wildman–Crippen LogP) is 1.75. The van der Waals surface area contributed by atoms with Gasteiger partial charge in [0.1, 0.15) is 0 Å². The van der Waals surface area contributed by atoms with Gasteiger partial charge in [-0.2, -0.15) is 0 Å². The topological polar surface area (TPSA) is 28.4 Å². The highest BCUT2D eigenvalue weighted by Crippen LogP contribution is 2.19. The summed E-state index contributed by atoms with van der Waals surface area (Å²) in [5, 5.41) is 4.12. The molecule has 2 rings (SSSR count). The first-order valence-electron chi connectivity index (χ1n) is 4.78. The highest BCUT2D eigenvalue weighted by Gasteiger charge is 2.22. The summed E-state index contributed by atoms with van der Waals surface area (Å²) in [6, 6.07) is 2.57. The third kappa shape index (κ3) is 2.48. The molecule has 1 aliphatic rings. The van der Waals surface area contributed by atoms with Crippen LogP contribution in [0, 0.1) is 0 Å². The van der Waals surface area contributed by atoms with Gasteiger partial charge < -0.3 is 14.6 Å². The number of hydrogen-bond donors (Lipinski definition) is 1. The lowest BCUT2D eigenvalue weighted by Crippen LogP contribution is -2.37. The van der Waals surface area contributed by atoms with Crippen LogP contribution in [0.15, 0.2) is 23.0 Å². The molecule has 0 spiro atoms. The zero-order valence-corrected chi connectivity index (χ0v) is 9.01. The Balaban J connectivity index is 1.81. The average Bonchev–Trinajstić information content (AvgIpc) is 2.81. The normalized spacial score (nSPS) is 15.2. The molecule has 0 radical (unpaired) electrons. The van der Waals surface area contributed by atoms with Gasteiger partial charge in [0.05, 0.1) is 12.5 Å². The van der Waals surface area contributed by atoms with Gasteiger partial charge in [-0.3, -0.25) is 0 Å². The molecule has 1 aromatic heterocycles. The number of hydrogen-bond acceptors (Lipinski definition) is 2. The molecule has 0 amide bonds. The van der Waals surface area contributed by atoms with Crippen LogP contribution in [0.3, 0.4) is 0 Å². The fourth-order valence-corrected chi connectivity index (χ4v) is 1.47. The zero-order chi connectivity index (χ0) is 9.97. The van der Waals surface area contributed by atoms with Gasteiger partial charge in [0.2, 0.25) is 0 Å². The van der Waals surface area contributed by atoms with E-state index in [9.17, 15) is 0 Å². The molecule has 3 nitrogen and oxygen atoms in total. The summed E-state index contributed by atoms with van der Waals surface area (Å²) in [4.78, 5) is 2.03. The summed E-state index contributed by atoms with van der Waals surface area (Å²) in [5.41, 5.74) is 1.15. The molecule has 0 atom stereocenters. The third-order valence-corrected chi connectivity index (χ3v) is 2.68. The molecule has 1 heterocycles. The van der Waals surface area contributed by atoms with E-state index in [-0.39, 0.29) is 0 Å². The fraction of sp³-hybridized carbons (Fsp3) is 0.500. The molecule has 0 saturated heterocycles. The van der Waals surface area contributed by atoms with Crippen LogP contribution in [0.2, 0.25) is 0 Å². The van der Waals surface area contributed by atoms with E-state index in [4.69, 9.17) is 16.6 Å². The monoisotopic (exact) mass is 210 g/mol. The van der Waals surface area contributed by atoms with Crippen molar-refractivity contribution in [3.8, 4) is 0 Å². The second-order valence-corrected chi connectivity index (χ2v) is 4.10. The van der Waals surface area contributed by atoms with Gasteiger partial charge in [-0.25, -0.2) is 0 Å². The van der Waals surface area contributed by atoms with Crippen LogP contribution >= 0.6 is 12.2 Å². The molecule has 4 heteroatoms. The van der Waals surface area contributed by atoms with E-state index in [2.05, 4.69) is 5.32 Å². The van der Waals surface area contributed by atoms with Crippen molar-refractivity contribution in [2.45, 2.75) is 25.4 Å². The van der Waals surface area contributed by atoms with Gasteiger partial charge in [-0.05, 0) is 31.1 Å². The minimum absolute atomic E-state index is 0.620. The van der Waals surface area contributed by atoms with Gasteiger partial charge >= 0.3 is 0 Å². The maximum atomic E-state index is 5.25. The third-order valence-electron chi connectivity index (χ3n) is 2.25. The van der Waals surface area contributed by atoms with Crippen LogP contribution < -0.4 is 5.32 Å². The van der Waals surface area contributed by atoms with E-state index in [1.807, 2.05) is 18.0 Å². The lowest BCUT2D eigenvalue weighted by Gasteiger charge is -2.19. The van der Waals surface area contributed by atoms with Crippen LogP contribution in [-0.4, -0.2) is 23.1 Å². The van der Waals surface area contributed by atoms with Crippen LogP contribution in [0.25, 0.3) is 0 Å². The van der Waals surface area contributed by atoms with E-state index in [1.54, 1.807) is 12.5 Å². The summed E-state index contributed by atoms with van der Waals surface area (Å²) in [5.74, 6) is 0. The molecule has 1 N–H and O–H groups in total. The molecule has 0 aliphatic heterocycles. The van der Waals surface area contributed by atoms with E-state index < -0.39 is 0 Å². The largest absolute Gasteiger partial charge is 0.472 e. The van der Waals surface area contributed by atoms with Crippen molar-refractivity contribution in [1.29, 1.82) is 0 Å². The zero-order valence-electron chi connectivity index (χ0n) is 8.19. The number of furan rings is 1. The first kappa shape index (κ1) is 9.52. The highest BCUT2D eigenvalue weighted by atomic mass is 32.1. The molecule has 0 bridgehead atoms. The fourth-order valence-electron chi connectivity index (χ4n) is 1.24. The minimum atomic E-state index is 0.620. The Hall–Kier alpha value is -1.03. The van der Waals surface area contributed by atoms with Crippen molar-refractivity contribution in [3.05, 3.63) is 24.2 Å². The lowest BCUT2D eigenvalue weighted by molar-refractivity contribution is 0.481. The summed E-state index contributed by atoms with van der Waals surface area (Å²) >= 11 is 5.25. The molecule has 1 fully saturated rings. The SMILES string of the molecule is CN(Cc1ccoc1)C(=S)NC1CC1. The van der Waals surface area contributed by atoms with Crippen molar-refractivity contribution < 1.29 is 4.42 Å². The maximum Gasteiger partial charge on any atom is 0.169 e. The van der Waals surface area contributed by atoms with E-state index in [0.717, 1.165) is 17.2 Å². The second kappa shape index (κ2) is 4.00. The Labute approximate surface area is 89.1 Å². The Morgan fingerprint density at radius 2 is 2.50 bits per heavy atom. The number of rotatable bonds is 3. The molecule has 1 aromatic rings. The van der Waals surface area contributed by atoms with Crippen molar-refractivity contribution in [2.75, 3.05) is 7.05 Å². The van der Waals surface area contributed by atoms with Crippen molar-refractivity contribution in [2.24, 2.45) is 0 Å². The molecule has 1 saturated carbocycles. The molecule has 0 aromatic carbocycles. The van der Waals surface area contributed by atoms with Crippen molar-refractivity contribution >= 4 is 17.3 Å². The summed E-state index contributed by atoms with van der Waals surface area (Å²) < 4.78 is 5.00. The number of nitrogens with zero attached hydrogens (tertiary/aromatic N) is 1. The minimum Gasteiger partial charge on any atom is -0.472 e. The Morgan fingerprint density at radius 3 is 3.07 bits per heavy atom. The average molecular weight is 210 g/mol. The smallest absolute Gasteiger partial charge is 0.169 e. The van der Waals surface area contributed by atoms with Gasteiger partial charge in [0, 0.05) is 25.2 Å². The van der Waals surface area contributed by atoms with Gasteiger partial charge in [-0.15, -0.1) is 0 Å². The summed E-state index contributed by atoms with van der Waals surface area (Å²) in [6.45, 7) is 0.801. The standard InChI is InChI=1S/C10H14N2OS/c1-12(6-8-4-5-13-7-8)10(14)11-9-2-3-9/h4-5,7,9H,2-3,6H2,1H3,(H,11,14). The first-order chi connectivity index (χ1) is 6.75. The van der Waals surface area contributed by atoms with E-state index >= 15 is 0 Å². The van der Waals surface area contributed by atoms with E-state index in [1.165, 1.54) is 12.8 Å². The van der Waals surface area contributed by atoms with E-state index in [0.29, 0.717) is 6.04 Å². The Kier molecular flexibility index (Phi) is 2.72. The summed E-state index contributed by atoms with van der Waals surface area (Å²) in [6.07, 6.45) is 5.93. The van der Waals surface area contributed by atoms with Crippen LogP contribution in [0.4, 0.5) is 0 Å². The van der Waals surface area contributed by atoms with Gasteiger partial charge in [0.15, 0.2) is 5.11 Å². The molecular formula is C10H14N2OS. The van der Waals surface area contributed by atoms with Gasteiger partial charge in [-0.1, -0.05) is 0 Å². The summed E-state index contributed by atoms with van der Waals surface area (Å²) in [7, 11) is 1.99. The first-order valence-corrected chi connectivity index (χ1v) is 5.19. The molecule has 14 heavy (non-hydrogen) atoms. The molecule has 0 unspecified atom stereocenters.